The van der Waals surface area contributed by atoms with Crippen molar-refractivity contribution in [2.45, 2.75) is 102 Å². The minimum Gasteiger partial charge on any atom is -0.464 e. The second kappa shape index (κ2) is 15.0. The summed E-state index contributed by atoms with van der Waals surface area (Å²) in [5, 5.41) is 22.3. The molecular weight excluding hydrogens is 775 g/mol. The number of pyridine rings is 1. The van der Waals surface area contributed by atoms with Crippen molar-refractivity contribution >= 4 is 40.0 Å². The zero-order chi connectivity index (χ0) is 41.5. The van der Waals surface area contributed by atoms with Crippen LogP contribution in [0.1, 0.15) is 88.9 Å². The predicted molar refractivity (Wildman–Crippen MR) is 228 cm³/mol. The van der Waals surface area contributed by atoms with Gasteiger partial charge in [-0.05, 0) is 93.2 Å². The van der Waals surface area contributed by atoms with Crippen LogP contribution in [0.25, 0.3) is 33.4 Å². The fourth-order valence-corrected chi connectivity index (χ4v) is 11.8. The zero-order valence-corrected chi connectivity index (χ0v) is 35.8. The van der Waals surface area contributed by atoms with Crippen molar-refractivity contribution < 1.29 is 19.1 Å². The van der Waals surface area contributed by atoms with Gasteiger partial charge in [-0.25, -0.2) is 10.4 Å². The highest BCUT2D eigenvalue weighted by Gasteiger charge is 2.55. The summed E-state index contributed by atoms with van der Waals surface area (Å²) in [6, 6.07) is 11.2. The number of ether oxygens (including phenoxy) is 1. The standard InChI is InChI=1S/C46H55N9O4S/c1-26-27(2)37(26)41(56)51-38-40(53-23-46(24-53)13-15-49-46)42-50-35(22-60-42)29-10-12-36-32(18-29)33(19-45(3,4)25-59-44(58)34-8-6-16-54(52-34)43(38)57)39(30-7-5-14-48-21-30)55(36)31-11-9-28(17-31)20-47/h5,7,10,12,14,18,21-22,26-28,31,34,37-38,40,49,52H,6,8-9,11,13,15-17,19,23-25H2,1-4H3,(H,51,56)/t26-,27+,28-,31-,34+,37?,38+,40+/m1/s1. The quantitative estimate of drug-likeness (QED) is 0.211. The molecule has 3 N–H and O–H groups in total. The van der Waals surface area contributed by atoms with E-state index < -0.39 is 29.5 Å². The first-order chi connectivity index (χ1) is 28.9. The summed E-state index contributed by atoms with van der Waals surface area (Å²) in [6.07, 6.45) is 9.08. The van der Waals surface area contributed by atoms with Gasteiger partial charge in [-0.15, -0.1) is 11.3 Å². The van der Waals surface area contributed by atoms with Gasteiger partial charge in [-0.2, -0.15) is 5.26 Å². The first-order valence-electron chi connectivity index (χ1n) is 21.9. The van der Waals surface area contributed by atoms with E-state index in [0.29, 0.717) is 25.8 Å². The van der Waals surface area contributed by atoms with Crippen LogP contribution >= 0.6 is 11.3 Å². The third-order valence-electron chi connectivity index (χ3n) is 14.6. The maximum absolute atomic E-state index is 15.0. The molecule has 1 unspecified atom stereocenters. The van der Waals surface area contributed by atoms with Gasteiger partial charge in [0, 0.05) is 88.3 Å². The maximum atomic E-state index is 15.0. The normalized spacial score (nSPS) is 31.1. The number of cyclic esters (lactones) is 1. The van der Waals surface area contributed by atoms with Crippen LogP contribution in [-0.2, 0) is 25.5 Å². The number of aromatic nitrogens is 3. The van der Waals surface area contributed by atoms with Gasteiger partial charge in [0.1, 0.15) is 17.1 Å². The minimum atomic E-state index is -0.928. The summed E-state index contributed by atoms with van der Waals surface area (Å²) in [6.45, 7) is 11.5. The van der Waals surface area contributed by atoms with E-state index in [9.17, 15) is 19.6 Å². The first kappa shape index (κ1) is 39.5. The van der Waals surface area contributed by atoms with Crippen molar-refractivity contribution in [2.24, 2.45) is 29.1 Å². The van der Waals surface area contributed by atoms with Gasteiger partial charge < -0.3 is 19.9 Å². The molecule has 2 aliphatic carbocycles. The van der Waals surface area contributed by atoms with Crippen LogP contribution in [0.4, 0.5) is 0 Å². The summed E-state index contributed by atoms with van der Waals surface area (Å²) < 4.78 is 8.62. The van der Waals surface area contributed by atoms with Gasteiger partial charge in [-0.3, -0.25) is 29.3 Å². The van der Waals surface area contributed by atoms with Gasteiger partial charge >= 0.3 is 5.97 Å². The first-order valence-corrected chi connectivity index (χ1v) is 22.8. The number of nitrogens with one attached hydrogen (secondary N) is 3. The molecule has 4 aliphatic heterocycles. The lowest BCUT2D eigenvalue weighted by atomic mass is 9.78. The number of thiazole rings is 1. The number of fused-ring (bicyclic) bond motifs is 6. The topological polar surface area (TPSA) is 158 Å². The summed E-state index contributed by atoms with van der Waals surface area (Å²) in [5.41, 5.74) is 8.91. The molecule has 2 saturated carbocycles. The molecule has 14 heteroatoms. The largest absolute Gasteiger partial charge is 0.464 e. The molecule has 4 aromatic rings. The Balaban J connectivity index is 1.13. The third kappa shape index (κ3) is 6.91. The number of rotatable bonds is 5. The number of carbonyl (C=O) groups excluding carboxylic acids is 3. The summed E-state index contributed by atoms with van der Waals surface area (Å²) in [7, 11) is 0. The number of hydrogen-bond donors (Lipinski definition) is 3. The van der Waals surface area contributed by atoms with Crippen molar-refractivity contribution in [2.75, 3.05) is 32.8 Å². The predicted octanol–water partition coefficient (Wildman–Crippen LogP) is 5.79. The van der Waals surface area contributed by atoms with Crippen molar-refractivity contribution in [3.8, 4) is 28.6 Å². The number of likely N-dealkylation sites (tertiary alicyclic amines) is 1. The lowest BCUT2D eigenvalue weighted by Crippen LogP contribution is -2.77. The molecule has 13 nitrogen and oxygen atoms in total. The number of hydrazine groups is 1. The van der Waals surface area contributed by atoms with Gasteiger partial charge in [0.25, 0.3) is 5.91 Å². The Morgan fingerprint density at radius 1 is 1.10 bits per heavy atom. The summed E-state index contributed by atoms with van der Waals surface area (Å²) in [4.78, 5) is 55.2. The number of benzene rings is 1. The fourth-order valence-electron chi connectivity index (χ4n) is 10.8. The number of hydrogen-bond acceptors (Lipinski definition) is 11. The van der Waals surface area contributed by atoms with Crippen LogP contribution in [0.15, 0.2) is 48.1 Å². The average molecular weight is 830 g/mol. The van der Waals surface area contributed by atoms with Gasteiger partial charge in [0.05, 0.1) is 30.1 Å². The Kier molecular flexibility index (Phi) is 9.89. The number of nitrogens with zero attached hydrogens (tertiary/aromatic N) is 6. The molecule has 10 rings (SSSR count). The molecular formula is C46H55N9O4S. The molecule has 60 heavy (non-hydrogen) atoms. The van der Waals surface area contributed by atoms with E-state index in [1.165, 1.54) is 11.3 Å². The Morgan fingerprint density at radius 2 is 1.92 bits per heavy atom. The van der Waals surface area contributed by atoms with Gasteiger partial charge in [-0.1, -0.05) is 33.8 Å². The smallest absolute Gasteiger partial charge is 0.324 e. The fraction of sp³-hybridized carbons (Fsp3) is 0.565. The van der Waals surface area contributed by atoms with E-state index in [2.05, 4.69) is 93.9 Å². The third-order valence-corrected chi connectivity index (χ3v) is 15.5. The van der Waals surface area contributed by atoms with E-state index in [0.717, 1.165) is 89.3 Å². The van der Waals surface area contributed by atoms with Crippen molar-refractivity contribution in [1.29, 1.82) is 5.26 Å². The summed E-state index contributed by atoms with van der Waals surface area (Å²) in [5.74, 6) is -0.457. The number of nitriles is 1. The molecule has 0 radical (unpaired) electrons. The van der Waals surface area contributed by atoms with Crippen LogP contribution < -0.4 is 16.1 Å². The second-order valence-corrected chi connectivity index (χ2v) is 20.2. The number of amides is 2. The number of carbonyl (C=O) groups is 3. The SMILES string of the molecule is C[C@@H]1C(C(=O)N[C@@H]2C(=O)N3CCC[C@H](N3)C(=O)OCC(C)(C)Cc3c(-c4cccnc4)n([C@@H]4CC[C@@H](C#N)C4)c4ccc(cc34)-c3csc(n3)[C@H]2N2CC3(CCN3)C2)[C@@H]1C. The van der Waals surface area contributed by atoms with E-state index in [1.807, 2.05) is 12.3 Å². The minimum absolute atomic E-state index is 0.000891. The lowest BCUT2D eigenvalue weighted by Gasteiger charge is -2.59. The van der Waals surface area contributed by atoms with E-state index in [4.69, 9.17) is 9.72 Å². The van der Waals surface area contributed by atoms with Crippen LogP contribution in [0, 0.1) is 40.4 Å². The Labute approximate surface area is 355 Å². The zero-order valence-electron chi connectivity index (χ0n) is 34.9. The van der Waals surface area contributed by atoms with Crippen molar-refractivity contribution in [3.63, 3.8) is 0 Å². The summed E-state index contributed by atoms with van der Waals surface area (Å²) >= 11 is 1.53. The van der Waals surface area contributed by atoms with Crippen molar-refractivity contribution in [1.82, 2.24) is 40.5 Å². The maximum Gasteiger partial charge on any atom is 0.324 e. The molecule has 5 fully saturated rings. The van der Waals surface area contributed by atoms with Gasteiger partial charge in [0.2, 0.25) is 5.91 Å². The van der Waals surface area contributed by atoms with E-state index in [1.54, 1.807) is 11.2 Å². The number of esters is 1. The van der Waals surface area contributed by atoms with Crippen LogP contribution in [0.5, 0.6) is 0 Å². The molecule has 314 valence electrons. The van der Waals surface area contributed by atoms with Crippen LogP contribution in [-0.4, -0.2) is 92.6 Å². The van der Waals surface area contributed by atoms with Gasteiger partial charge in [0.15, 0.2) is 0 Å². The molecule has 1 aromatic carbocycles. The van der Waals surface area contributed by atoms with Crippen molar-refractivity contribution in [3.05, 3.63) is 58.7 Å². The molecule has 3 saturated heterocycles. The highest BCUT2D eigenvalue weighted by molar-refractivity contribution is 7.10. The molecule has 2 amide bonds. The van der Waals surface area contributed by atoms with E-state index in [-0.39, 0.29) is 53.7 Å². The molecule has 6 bridgehead atoms. The van der Waals surface area contributed by atoms with E-state index >= 15 is 0 Å². The molecule has 3 aromatic heterocycles. The molecule has 6 aliphatic rings. The van der Waals surface area contributed by atoms with Crippen LogP contribution in [0.2, 0.25) is 0 Å². The Morgan fingerprint density at radius 3 is 2.62 bits per heavy atom. The second-order valence-electron chi connectivity index (χ2n) is 19.3. The van der Waals surface area contributed by atoms with Crippen LogP contribution in [0.3, 0.4) is 0 Å². The Hall–Kier alpha value is -4.68. The monoisotopic (exact) mass is 829 g/mol. The average Bonchev–Trinajstić information content (AvgIpc) is 3.68. The highest BCUT2D eigenvalue weighted by atomic mass is 32.1. The highest BCUT2D eigenvalue weighted by Crippen LogP contribution is 2.48. The molecule has 1 spiro atoms. The lowest BCUT2D eigenvalue weighted by molar-refractivity contribution is -0.156. The molecule has 7 heterocycles. The molecule has 8 atom stereocenters. The Bertz CT molecular complexity index is 2370.